The summed E-state index contributed by atoms with van der Waals surface area (Å²) in [5, 5.41) is 0. The minimum atomic E-state index is -2.94. The number of ether oxygens (including phenoxy) is 3. The van der Waals surface area contributed by atoms with Gasteiger partial charge in [-0.15, -0.1) is 0 Å². The van der Waals surface area contributed by atoms with Gasteiger partial charge in [0.25, 0.3) is 0 Å². The van der Waals surface area contributed by atoms with Crippen molar-refractivity contribution in [1.29, 1.82) is 0 Å². The monoisotopic (exact) mass is 412 g/mol. The lowest BCUT2D eigenvalue weighted by Crippen LogP contribution is -2.14. The van der Waals surface area contributed by atoms with E-state index in [1.807, 2.05) is 30.3 Å². The third kappa shape index (κ3) is 6.13. The molecule has 3 rings (SSSR count). The molecule has 0 atom stereocenters. The summed E-state index contributed by atoms with van der Waals surface area (Å²) in [6, 6.07) is 21.2. The number of carbonyl (C=O) groups is 2. The highest BCUT2D eigenvalue weighted by Crippen LogP contribution is 2.17. The lowest BCUT2D eigenvalue weighted by molar-refractivity contribution is -0.0498. The van der Waals surface area contributed by atoms with E-state index in [4.69, 9.17) is 9.47 Å². The summed E-state index contributed by atoms with van der Waals surface area (Å²) >= 11 is 0. The number of ketones is 1. The summed E-state index contributed by atoms with van der Waals surface area (Å²) in [5.74, 6) is -0.587. The molecule has 0 saturated carbocycles. The van der Waals surface area contributed by atoms with Crippen molar-refractivity contribution in [1.82, 2.24) is 0 Å². The normalized spacial score (nSPS) is 10.5. The molecule has 0 unspecified atom stereocenters. The first kappa shape index (κ1) is 21.0. The predicted molar refractivity (Wildman–Crippen MR) is 105 cm³/mol. The van der Waals surface area contributed by atoms with Gasteiger partial charge in [0, 0.05) is 5.56 Å². The van der Waals surface area contributed by atoms with E-state index < -0.39 is 25.0 Å². The van der Waals surface area contributed by atoms with Gasteiger partial charge in [-0.1, -0.05) is 30.3 Å². The highest BCUT2D eigenvalue weighted by atomic mass is 19.3. The average molecular weight is 412 g/mol. The highest BCUT2D eigenvalue weighted by molar-refractivity contribution is 5.99. The third-order valence-electron chi connectivity index (χ3n) is 4.07. The number of benzene rings is 3. The number of halogens is 2. The Morgan fingerprint density at radius 1 is 0.767 bits per heavy atom. The van der Waals surface area contributed by atoms with Crippen molar-refractivity contribution in [2.45, 2.75) is 13.2 Å². The van der Waals surface area contributed by atoms with Crippen molar-refractivity contribution < 1.29 is 32.6 Å². The molecule has 0 N–H and O–H groups in total. The van der Waals surface area contributed by atoms with E-state index in [-0.39, 0.29) is 16.9 Å². The molecule has 0 bridgehead atoms. The zero-order valence-corrected chi connectivity index (χ0v) is 15.8. The summed E-state index contributed by atoms with van der Waals surface area (Å²) in [7, 11) is 0. The van der Waals surface area contributed by atoms with Crippen molar-refractivity contribution in [3.63, 3.8) is 0 Å². The van der Waals surface area contributed by atoms with Crippen molar-refractivity contribution >= 4 is 11.8 Å². The minimum absolute atomic E-state index is 0.0619. The third-order valence-corrected chi connectivity index (χ3v) is 4.07. The zero-order chi connectivity index (χ0) is 21.3. The maximum Gasteiger partial charge on any atom is 0.387 e. The summed E-state index contributed by atoms with van der Waals surface area (Å²) in [6.07, 6.45) is 0. The molecule has 0 saturated heterocycles. The molecular formula is C23H18F2O5. The molecule has 3 aromatic rings. The number of Topliss-reactive ketones (excluding diaryl/α,β-unsaturated/α-hetero) is 1. The molecule has 3 aromatic carbocycles. The molecule has 0 radical (unpaired) electrons. The molecule has 0 fully saturated rings. The Bertz CT molecular complexity index is 971. The van der Waals surface area contributed by atoms with Crippen molar-refractivity contribution in [3.8, 4) is 11.5 Å². The number of hydrogen-bond donors (Lipinski definition) is 0. The Hall–Kier alpha value is -3.74. The van der Waals surface area contributed by atoms with Gasteiger partial charge in [-0.2, -0.15) is 8.78 Å². The first-order valence-electron chi connectivity index (χ1n) is 9.03. The standard InChI is InChI=1S/C23H18F2O5/c24-23(25)30-20-12-6-17(7-13-20)21(26)15-29-22(27)18-8-10-19(11-9-18)28-14-16-4-2-1-3-5-16/h1-13,23H,14-15H2. The fraction of sp³-hybridized carbons (Fsp3) is 0.130. The Morgan fingerprint density at radius 3 is 2.00 bits per heavy atom. The SMILES string of the molecule is O=C(COC(=O)c1ccc(OCc2ccccc2)cc1)c1ccc(OC(F)F)cc1. The van der Waals surface area contributed by atoms with Crippen LogP contribution in [0.3, 0.4) is 0 Å². The van der Waals surface area contributed by atoms with Crippen LogP contribution in [0.1, 0.15) is 26.3 Å². The first-order chi connectivity index (χ1) is 14.5. The number of alkyl halides is 2. The van der Waals surface area contributed by atoms with E-state index in [9.17, 15) is 18.4 Å². The average Bonchev–Trinajstić information content (AvgIpc) is 2.77. The number of carbonyl (C=O) groups excluding carboxylic acids is 2. The van der Waals surface area contributed by atoms with E-state index >= 15 is 0 Å². The topological polar surface area (TPSA) is 61.8 Å². The van der Waals surface area contributed by atoms with Gasteiger partial charge in [0.05, 0.1) is 5.56 Å². The summed E-state index contributed by atoms with van der Waals surface area (Å²) in [6.45, 7) is -3.01. The van der Waals surface area contributed by atoms with Crippen LogP contribution in [0.15, 0.2) is 78.9 Å². The lowest BCUT2D eigenvalue weighted by atomic mass is 10.1. The van der Waals surface area contributed by atoms with Crippen LogP contribution in [-0.2, 0) is 11.3 Å². The lowest BCUT2D eigenvalue weighted by Gasteiger charge is -2.08. The van der Waals surface area contributed by atoms with Crippen LogP contribution in [0, 0.1) is 0 Å². The largest absolute Gasteiger partial charge is 0.489 e. The predicted octanol–water partition coefficient (Wildman–Crippen LogP) is 4.91. The van der Waals surface area contributed by atoms with Gasteiger partial charge >= 0.3 is 12.6 Å². The highest BCUT2D eigenvalue weighted by Gasteiger charge is 2.13. The van der Waals surface area contributed by atoms with Crippen LogP contribution in [0.25, 0.3) is 0 Å². The number of rotatable bonds is 9. The second-order valence-electron chi connectivity index (χ2n) is 6.20. The molecule has 0 heterocycles. The summed E-state index contributed by atoms with van der Waals surface area (Å²) < 4.78 is 39.2. The second kappa shape index (κ2) is 10.2. The quantitative estimate of drug-likeness (QED) is 0.369. The van der Waals surface area contributed by atoms with Crippen molar-refractivity contribution in [2.24, 2.45) is 0 Å². The fourth-order valence-electron chi connectivity index (χ4n) is 2.55. The van der Waals surface area contributed by atoms with Crippen LogP contribution in [0.2, 0.25) is 0 Å². The van der Waals surface area contributed by atoms with Crippen LogP contribution in [0.5, 0.6) is 11.5 Å². The maximum atomic E-state index is 12.1. The molecule has 0 aliphatic rings. The van der Waals surface area contributed by atoms with E-state index in [0.717, 1.165) is 5.56 Å². The summed E-state index contributed by atoms with van der Waals surface area (Å²) in [5.41, 5.74) is 1.51. The number of hydrogen-bond acceptors (Lipinski definition) is 5. The maximum absolute atomic E-state index is 12.1. The Morgan fingerprint density at radius 2 is 1.37 bits per heavy atom. The van der Waals surface area contributed by atoms with Gasteiger partial charge in [0.2, 0.25) is 0 Å². The molecule has 0 aromatic heterocycles. The van der Waals surface area contributed by atoms with E-state index in [0.29, 0.717) is 12.4 Å². The number of esters is 1. The molecule has 154 valence electrons. The van der Waals surface area contributed by atoms with Crippen molar-refractivity contribution in [3.05, 3.63) is 95.6 Å². The molecule has 5 nitrogen and oxygen atoms in total. The zero-order valence-electron chi connectivity index (χ0n) is 15.8. The Kier molecular flexibility index (Phi) is 7.10. The van der Waals surface area contributed by atoms with Gasteiger partial charge in [-0.05, 0) is 54.1 Å². The van der Waals surface area contributed by atoms with Gasteiger partial charge in [-0.25, -0.2) is 4.79 Å². The Labute approximate surface area is 171 Å². The molecular weight excluding hydrogens is 394 g/mol. The van der Waals surface area contributed by atoms with E-state index in [2.05, 4.69) is 4.74 Å². The van der Waals surface area contributed by atoms with E-state index in [1.165, 1.54) is 24.3 Å². The fourth-order valence-corrected chi connectivity index (χ4v) is 2.55. The summed E-state index contributed by atoms with van der Waals surface area (Å²) in [4.78, 5) is 24.2. The van der Waals surface area contributed by atoms with Crippen molar-refractivity contribution in [2.75, 3.05) is 6.61 Å². The van der Waals surface area contributed by atoms with Gasteiger partial charge in [0.15, 0.2) is 12.4 Å². The first-order valence-corrected chi connectivity index (χ1v) is 9.03. The van der Waals surface area contributed by atoms with Crippen LogP contribution in [0.4, 0.5) is 8.78 Å². The molecule has 30 heavy (non-hydrogen) atoms. The molecule has 7 heteroatoms. The van der Waals surface area contributed by atoms with Crippen LogP contribution >= 0.6 is 0 Å². The smallest absolute Gasteiger partial charge is 0.387 e. The Balaban J connectivity index is 1.48. The molecule has 0 aliphatic heterocycles. The molecule has 0 aliphatic carbocycles. The molecule has 0 spiro atoms. The minimum Gasteiger partial charge on any atom is -0.489 e. The second-order valence-corrected chi connectivity index (χ2v) is 6.20. The van der Waals surface area contributed by atoms with Gasteiger partial charge in [0.1, 0.15) is 18.1 Å². The van der Waals surface area contributed by atoms with Crippen LogP contribution < -0.4 is 9.47 Å². The van der Waals surface area contributed by atoms with Gasteiger partial charge < -0.3 is 14.2 Å². The van der Waals surface area contributed by atoms with Crippen LogP contribution in [-0.4, -0.2) is 25.0 Å². The van der Waals surface area contributed by atoms with E-state index in [1.54, 1.807) is 24.3 Å². The van der Waals surface area contributed by atoms with Gasteiger partial charge in [-0.3, -0.25) is 4.79 Å². The molecule has 0 amide bonds.